The van der Waals surface area contributed by atoms with E-state index >= 15 is 0 Å². The molecule has 12 heavy (non-hydrogen) atoms. The van der Waals surface area contributed by atoms with Crippen molar-refractivity contribution in [2.75, 3.05) is 14.1 Å². The zero-order valence-electron chi connectivity index (χ0n) is 8.16. The lowest BCUT2D eigenvalue weighted by Gasteiger charge is -2.05. The summed E-state index contributed by atoms with van der Waals surface area (Å²) in [5.41, 5.74) is 0. The molecule has 0 radical (unpaired) electrons. The number of oxazole rings is 1. The molecule has 0 atom stereocenters. The molecule has 0 aliphatic carbocycles. The second-order valence-electron chi connectivity index (χ2n) is 3.56. The highest BCUT2D eigenvalue weighted by Gasteiger charge is 2.07. The third-order valence-corrected chi connectivity index (χ3v) is 1.54. The van der Waals surface area contributed by atoms with E-state index in [2.05, 4.69) is 23.7 Å². The molecule has 0 aromatic carbocycles. The van der Waals surface area contributed by atoms with Crippen LogP contribution in [0.15, 0.2) is 10.6 Å². The summed E-state index contributed by atoms with van der Waals surface area (Å²) < 4.78 is 5.50. The van der Waals surface area contributed by atoms with E-state index in [-0.39, 0.29) is 0 Å². The topological polar surface area (TPSA) is 29.3 Å². The van der Waals surface area contributed by atoms with Crippen molar-refractivity contribution in [3.8, 4) is 0 Å². The van der Waals surface area contributed by atoms with E-state index < -0.39 is 0 Å². The molecule has 0 bridgehead atoms. The largest absolute Gasteiger partial charge is 0.444 e. The van der Waals surface area contributed by atoms with Crippen molar-refractivity contribution in [3.63, 3.8) is 0 Å². The second kappa shape index (κ2) is 3.72. The van der Waals surface area contributed by atoms with Crippen molar-refractivity contribution in [1.29, 1.82) is 0 Å². The van der Waals surface area contributed by atoms with Gasteiger partial charge in [-0.15, -0.1) is 0 Å². The van der Waals surface area contributed by atoms with Crippen LogP contribution in [0.4, 0.5) is 0 Å². The van der Waals surface area contributed by atoms with E-state index in [9.17, 15) is 0 Å². The summed E-state index contributed by atoms with van der Waals surface area (Å²) in [7, 11) is 4.02. The Labute approximate surface area is 73.4 Å². The van der Waals surface area contributed by atoms with E-state index in [1.807, 2.05) is 14.1 Å². The van der Waals surface area contributed by atoms with Gasteiger partial charge in [0.05, 0.1) is 12.7 Å². The van der Waals surface area contributed by atoms with E-state index in [0.717, 1.165) is 18.2 Å². The molecule has 0 fully saturated rings. The molecule has 68 valence electrons. The maximum atomic E-state index is 5.50. The third kappa shape index (κ3) is 2.34. The SMILES string of the molecule is CC(C)c1ncc(CN(C)C)o1. The molecule has 0 unspecified atom stereocenters. The number of hydrogen-bond donors (Lipinski definition) is 0. The molecule has 0 spiro atoms. The predicted octanol–water partition coefficient (Wildman–Crippen LogP) is 1.86. The lowest BCUT2D eigenvalue weighted by molar-refractivity contribution is 0.336. The first-order valence-corrected chi connectivity index (χ1v) is 4.19. The molecule has 1 aromatic heterocycles. The fourth-order valence-corrected chi connectivity index (χ4v) is 0.974. The molecular weight excluding hydrogens is 152 g/mol. The molecule has 0 saturated carbocycles. The van der Waals surface area contributed by atoms with Gasteiger partial charge in [0.25, 0.3) is 0 Å². The number of hydrogen-bond acceptors (Lipinski definition) is 3. The summed E-state index contributed by atoms with van der Waals surface area (Å²) in [6, 6.07) is 0. The molecule has 0 saturated heterocycles. The Hall–Kier alpha value is -0.830. The molecular formula is C9H16N2O. The van der Waals surface area contributed by atoms with Gasteiger partial charge in [-0.3, -0.25) is 0 Å². The molecule has 0 amide bonds. The number of aromatic nitrogens is 1. The smallest absolute Gasteiger partial charge is 0.196 e. The van der Waals surface area contributed by atoms with Crippen LogP contribution in [-0.4, -0.2) is 24.0 Å². The normalized spacial score (nSPS) is 11.5. The van der Waals surface area contributed by atoms with Crippen molar-refractivity contribution in [2.45, 2.75) is 26.3 Å². The monoisotopic (exact) mass is 168 g/mol. The van der Waals surface area contributed by atoms with Gasteiger partial charge in [0.1, 0.15) is 5.76 Å². The Morgan fingerprint density at radius 3 is 2.58 bits per heavy atom. The van der Waals surface area contributed by atoms with Crippen LogP contribution in [0.2, 0.25) is 0 Å². The fourth-order valence-electron chi connectivity index (χ4n) is 0.974. The Morgan fingerprint density at radius 2 is 2.17 bits per heavy atom. The Balaban J connectivity index is 2.64. The number of rotatable bonds is 3. The second-order valence-corrected chi connectivity index (χ2v) is 3.56. The minimum atomic E-state index is 0.376. The van der Waals surface area contributed by atoms with Gasteiger partial charge in [0.2, 0.25) is 0 Å². The van der Waals surface area contributed by atoms with Crippen molar-refractivity contribution < 1.29 is 4.42 Å². The third-order valence-electron chi connectivity index (χ3n) is 1.54. The van der Waals surface area contributed by atoms with Crippen molar-refractivity contribution in [1.82, 2.24) is 9.88 Å². The molecule has 0 aliphatic heterocycles. The quantitative estimate of drug-likeness (QED) is 0.690. The maximum Gasteiger partial charge on any atom is 0.196 e. The van der Waals surface area contributed by atoms with Gasteiger partial charge >= 0.3 is 0 Å². The number of nitrogens with zero attached hydrogens (tertiary/aromatic N) is 2. The van der Waals surface area contributed by atoms with E-state index in [4.69, 9.17) is 4.42 Å². The van der Waals surface area contributed by atoms with Crippen LogP contribution in [-0.2, 0) is 6.54 Å². The Bertz CT molecular complexity index is 240. The highest BCUT2D eigenvalue weighted by Crippen LogP contribution is 2.14. The molecule has 1 rings (SSSR count). The van der Waals surface area contributed by atoms with Gasteiger partial charge in [-0.05, 0) is 14.1 Å². The average molecular weight is 168 g/mol. The van der Waals surface area contributed by atoms with Gasteiger partial charge in [0.15, 0.2) is 5.89 Å². The summed E-state index contributed by atoms with van der Waals surface area (Å²) in [4.78, 5) is 6.24. The summed E-state index contributed by atoms with van der Waals surface area (Å²) in [5.74, 6) is 2.14. The molecule has 3 heteroatoms. The molecule has 1 heterocycles. The summed E-state index contributed by atoms with van der Waals surface area (Å²) >= 11 is 0. The van der Waals surface area contributed by atoms with Crippen LogP contribution in [0.1, 0.15) is 31.4 Å². The van der Waals surface area contributed by atoms with Gasteiger partial charge < -0.3 is 9.32 Å². The standard InChI is InChI=1S/C9H16N2O/c1-7(2)9-10-5-8(12-9)6-11(3)4/h5,7H,6H2,1-4H3. The summed E-state index contributed by atoms with van der Waals surface area (Å²) in [6.45, 7) is 4.97. The zero-order valence-corrected chi connectivity index (χ0v) is 8.16. The van der Waals surface area contributed by atoms with Crippen LogP contribution in [0.25, 0.3) is 0 Å². The minimum absolute atomic E-state index is 0.376. The van der Waals surface area contributed by atoms with Crippen molar-refractivity contribution >= 4 is 0 Å². The Morgan fingerprint density at radius 1 is 1.50 bits per heavy atom. The molecule has 1 aromatic rings. The van der Waals surface area contributed by atoms with E-state index in [1.165, 1.54) is 0 Å². The van der Waals surface area contributed by atoms with Crippen molar-refractivity contribution in [2.24, 2.45) is 0 Å². The molecule has 3 nitrogen and oxygen atoms in total. The molecule has 0 N–H and O–H groups in total. The highest BCUT2D eigenvalue weighted by atomic mass is 16.4. The van der Waals surface area contributed by atoms with Crippen LogP contribution in [0.5, 0.6) is 0 Å². The predicted molar refractivity (Wildman–Crippen MR) is 48.0 cm³/mol. The van der Waals surface area contributed by atoms with Crippen LogP contribution >= 0.6 is 0 Å². The van der Waals surface area contributed by atoms with Crippen molar-refractivity contribution in [3.05, 3.63) is 17.8 Å². The molecule has 0 aliphatic rings. The van der Waals surface area contributed by atoms with Crippen LogP contribution in [0.3, 0.4) is 0 Å². The fraction of sp³-hybridized carbons (Fsp3) is 0.667. The van der Waals surface area contributed by atoms with Crippen LogP contribution < -0.4 is 0 Å². The lowest BCUT2D eigenvalue weighted by Crippen LogP contribution is -2.09. The minimum Gasteiger partial charge on any atom is -0.444 e. The Kier molecular flexibility index (Phi) is 2.87. The van der Waals surface area contributed by atoms with Gasteiger partial charge in [-0.2, -0.15) is 0 Å². The van der Waals surface area contributed by atoms with E-state index in [1.54, 1.807) is 6.20 Å². The van der Waals surface area contributed by atoms with Crippen LogP contribution in [0, 0.1) is 0 Å². The van der Waals surface area contributed by atoms with Gasteiger partial charge in [-0.1, -0.05) is 13.8 Å². The first kappa shape index (κ1) is 9.26. The van der Waals surface area contributed by atoms with E-state index in [0.29, 0.717) is 5.92 Å². The van der Waals surface area contributed by atoms with Gasteiger partial charge in [-0.25, -0.2) is 4.98 Å². The summed E-state index contributed by atoms with van der Waals surface area (Å²) in [5, 5.41) is 0. The first-order valence-electron chi connectivity index (χ1n) is 4.19. The summed E-state index contributed by atoms with van der Waals surface area (Å²) in [6.07, 6.45) is 1.80. The first-order chi connectivity index (χ1) is 5.59. The highest BCUT2D eigenvalue weighted by molar-refractivity contribution is 4.96. The lowest BCUT2D eigenvalue weighted by atomic mass is 10.2. The average Bonchev–Trinajstić information content (AvgIpc) is 2.34. The van der Waals surface area contributed by atoms with Gasteiger partial charge in [0, 0.05) is 5.92 Å². The maximum absolute atomic E-state index is 5.50. The zero-order chi connectivity index (χ0) is 9.14.